The van der Waals surface area contributed by atoms with Gasteiger partial charge in [0.1, 0.15) is 0 Å². The van der Waals surface area contributed by atoms with Crippen molar-refractivity contribution in [2.24, 2.45) is 17.8 Å². The lowest BCUT2D eigenvalue weighted by Crippen LogP contribution is -2.42. The first-order valence-corrected chi connectivity index (χ1v) is 9.40. The normalized spacial score (nSPS) is 22.4. The molecule has 0 bridgehead atoms. The maximum Gasteiger partial charge on any atom is 0.310 e. The third-order valence-electron chi connectivity index (χ3n) is 5.06. The summed E-state index contributed by atoms with van der Waals surface area (Å²) in [4.78, 5) is 26.4. The van der Waals surface area contributed by atoms with E-state index in [4.69, 9.17) is 4.74 Å². The van der Waals surface area contributed by atoms with E-state index >= 15 is 0 Å². The number of carbonyl (C=O) groups excluding carboxylic acids is 2. The van der Waals surface area contributed by atoms with Crippen molar-refractivity contribution in [2.45, 2.75) is 72.1 Å². The van der Waals surface area contributed by atoms with Gasteiger partial charge in [-0.15, -0.1) is 0 Å². The fraction of sp³-hybridized carbons (Fsp3) is 0.895. The van der Waals surface area contributed by atoms with E-state index in [2.05, 4.69) is 13.8 Å². The maximum absolute atomic E-state index is 12.8. The van der Waals surface area contributed by atoms with Gasteiger partial charge >= 0.3 is 5.97 Å². The molecule has 134 valence electrons. The zero-order valence-electron chi connectivity index (χ0n) is 15.5. The van der Waals surface area contributed by atoms with Gasteiger partial charge in [-0.05, 0) is 38.0 Å². The third kappa shape index (κ3) is 6.52. The Morgan fingerprint density at radius 3 is 2.30 bits per heavy atom. The van der Waals surface area contributed by atoms with Crippen LogP contribution in [0.2, 0.25) is 0 Å². The summed E-state index contributed by atoms with van der Waals surface area (Å²) in [5, 5.41) is 0. The number of amides is 1. The topological polar surface area (TPSA) is 46.6 Å². The molecule has 0 heterocycles. The molecule has 1 saturated carbocycles. The van der Waals surface area contributed by atoms with Crippen molar-refractivity contribution in [3.8, 4) is 0 Å². The van der Waals surface area contributed by atoms with Crippen molar-refractivity contribution in [2.75, 3.05) is 20.2 Å². The van der Waals surface area contributed by atoms with E-state index in [1.807, 2.05) is 11.8 Å². The third-order valence-corrected chi connectivity index (χ3v) is 5.06. The first-order chi connectivity index (χ1) is 11.0. The van der Waals surface area contributed by atoms with Gasteiger partial charge in [0.05, 0.1) is 13.0 Å². The number of rotatable bonds is 9. The number of carbonyl (C=O) groups is 2. The number of nitrogens with zero attached hydrogens (tertiary/aromatic N) is 1. The molecular weight excluding hydrogens is 290 g/mol. The summed E-state index contributed by atoms with van der Waals surface area (Å²) >= 11 is 0. The molecule has 4 heteroatoms. The molecule has 0 aliphatic heterocycles. The molecule has 0 aromatic heterocycles. The van der Waals surface area contributed by atoms with Crippen molar-refractivity contribution >= 4 is 11.9 Å². The highest BCUT2D eigenvalue weighted by molar-refractivity contribution is 5.80. The molecule has 1 atom stereocenters. The number of unbranched alkanes of at least 4 members (excludes halogenated alkanes) is 1. The van der Waals surface area contributed by atoms with Crippen LogP contribution < -0.4 is 0 Å². The van der Waals surface area contributed by atoms with Crippen molar-refractivity contribution < 1.29 is 14.3 Å². The summed E-state index contributed by atoms with van der Waals surface area (Å²) in [6.07, 6.45) is 9.20. The lowest BCUT2D eigenvalue weighted by molar-refractivity contribution is -0.147. The van der Waals surface area contributed by atoms with E-state index in [0.29, 0.717) is 6.54 Å². The van der Waals surface area contributed by atoms with Gasteiger partial charge in [0.15, 0.2) is 0 Å². The number of esters is 1. The molecular formula is C19H35NO3. The van der Waals surface area contributed by atoms with Crippen molar-refractivity contribution in [3.05, 3.63) is 0 Å². The Bertz CT molecular complexity index is 362. The summed E-state index contributed by atoms with van der Waals surface area (Å²) in [7, 11) is 1.41. The number of methoxy groups -OCH3 is 1. The molecule has 1 amide bonds. The van der Waals surface area contributed by atoms with Gasteiger partial charge in [0.25, 0.3) is 0 Å². The standard InChI is InChI=1S/C19H35NO3/c1-5-7-8-16-9-11-17(12-10-16)18(21)20(13-6-2)14-15(3)19(22)23-4/h15-17H,5-14H2,1-4H3. The second kappa shape index (κ2) is 10.7. The van der Waals surface area contributed by atoms with Gasteiger partial charge in [-0.1, -0.05) is 40.0 Å². The Hall–Kier alpha value is -1.06. The fourth-order valence-corrected chi connectivity index (χ4v) is 3.62. The summed E-state index contributed by atoms with van der Waals surface area (Å²) in [6, 6.07) is 0. The second-order valence-electron chi connectivity index (χ2n) is 7.07. The zero-order valence-corrected chi connectivity index (χ0v) is 15.5. The highest BCUT2D eigenvalue weighted by Crippen LogP contribution is 2.33. The molecule has 1 unspecified atom stereocenters. The average Bonchev–Trinajstić information content (AvgIpc) is 2.58. The highest BCUT2D eigenvalue weighted by atomic mass is 16.5. The molecule has 0 saturated heterocycles. The van der Waals surface area contributed by atoms with Crippen LogP contribution in [0.25, 0.3) is 0 Å². The van der Waals surface area contributed by atoms with Gasteiger partial charge in [0, 0.05) is 19.0 Å². The molecule has 23 heavy (non-hydrogen) atoms. The Balaban J connectivity index is 2.52. The summed E-state index contributed by atoms with van der Waals surface area (Å²) in [6.45, 7) is 7.36. The monoisotopic (exact) mass is 325 g/mol. The van der Waals surface area contributed by atoms with E-state index in [9.17, 15) is 9.59 Å². The van der Waals surface area contributed by atoms with Crippen LogP contribution in [0.5, 0.6) is 0 Å². The summed E-state index contributed by atoms with van der Waals surface area (Å²) in [5.41, 5.74) is 0. The largest absolute Gasteiger partial charge is 0.469 e. The predicted octanol–water partition coefficient (Wildman–Crippen LogP) is 4.03. The molecule has 0 spiro atoms. The van der Waals surface area contributed by atoms with Gasteiger partial charge in [-0.3, -0.25) is 9.59 Å². The molecule has 0 aromatic carbocycles. The molecule has 0 aromatic rings. The maximum atomic E-state index is 12.8. The van der Waals surface area contributed by atoms with Crippen LogP contribution >= 0.6 is 0 Å². The van der Waals surface area contributed by atoms with E-state index in [1.54, 1.807) is 0 Å². The Morgan fingerprint density at radius 1 is 1.13 bits per heavy atom. The lowest BCUT2D eigenvalue weighted by atomic mass is 9.79. The zero-order chi connectivity index (χ0) is 17.2. The first kappa shape index (κ1) is 20.0. The Morgan fingerprint density at radius 2 is 1.78 bits per heavy atom. The smallest absolute Gasteiger partial charge is 0.310 e. The number of hydrogen-bond donors (Lipinski definition) is 0. The Kier molecular flexibility index (Phi) is 9.27. The van der Waals surface area contributed by atoms with Gasteiger partial charge < -0.3 is 9.64 Å². The van der Waals surface area contributed by atoms with Crippen LogP contribution in [0.15, 0.2) is 0 Å². The van der Waals surface area contributed by atoms with E-state index in [1.165, 1.54) is 39.2 Å². The Labute approximate surface area is 141 Å². The minimum atomic E-state index is -0.253. The van der Waals surface area contributed by atoms with Gasteiger partial charge in [0.2, 0.25) is 5.91 Å². The van der Waals surface area contributed by atoms with Crippen LogP contribution in [0, 0.1) is 17.8 Å². The molecule has 1 fully saturated rings. The molecule has 4 nitrogen and oxygen atoms in total. The molecule has 0 radical (unpaired) electrons. The molecule has 0 N–H and O–H groups in total. The van der Waals surface area contributed by atoms with Crippen LogP contribution in [0.1, 0.15) is 72.1 Å². The summed E-state index contributed by atoms with van der Waals surface area (Å²) in [5.74, 6) is 0.729. The fourth-order valence-electron chi connectivity index (χ4n) is 3.62. The number of ether oxygens (including phenoxy) is 1. The van der Waals surface area contributed by atoms with E-state index in [-0.39, 0.29) is 23.7 Å². The minimum absolute atomic E-state index is 0.157. The number of hydrogen-bond acceptors (Lipinski definition) is 3. The van der Waals surface area contributed by atoms with E-state index < -0.39 is 0 Å². The van der Waals surface area contributed by atoms with Crippen molar-refractivity contribution in [1.29, 1.82) is 0 Å². The predicted molar refractivity (Wildman–Crippen MR) is 93.0 cm³/mol. The van der Waals surface area contributed by atoms with Gasteiger partial charge in [-0.2, -0.15) is 0 Å². The van der Waals surface area contributed by atoms with E-state index in [0.717, 1.165) is 31.7 Å². The molecule has 1 aliphatic carbocycles. The second-order valence-corrected chi connectivity index (χ2v) is 7.07. The first-order valence-electron chi connectivity index (χ1n) is 9.40. The molecule has 1 rings (SSSR count). The molecule has 1 aliphatic rings. The minimum Gasteiger partial charge on any atom is -0.469 e. The summed E-state index contributed by atoms with van der Waals surface area (Å²) < 4.78 is 4.79. The highest BCUT2D eigenvalue weighted by Gasteiger charge is 2.30. The lowest BCUT2D eigenvalue weighted by Gasteiger charge is -2.33. The quantitative estimate of drug-likeness (QED) is 0.601. The van der Waals surface area contributed by atoms with Crippen LogP contribution in [-0.4, -0.2) is 37.0 Å². The van der Waals surface area contributed by atoms with Crippen molar-refractivity contribution in [1.82, 2.24) is 4.90 Å². The average molecular weight is 325 g/mol. The SMILES string of the molecule is CCCCC1CCC(C(=O)N(CCC)CC(C)C(=O)OC)CC1. The van der Waals surface area contributed by atoms with Crippen LogP contribution in [0.4, 0.5) is 0 Å². The van der Waals surface area contributed by atoms with Gasteiger partial charge in [-0.25, -0.2) is 0 Å². The van der Waals surface area contributed by atoms with Crippen molar-refractivity contribution in [3.63, 3.8) is 0 Å². The van der Waals surface area contributed by atoms with Crippen LogP contribution in [-0.2, 0) is 14.3 Å². The van der Waals surface area contributed by atoms with Crippen LogP contribution in [0.3, 0.4) is 0 Å².